The molecule has 0 radical (unpaired) electrons. The molecule has 0 fully saturated rings. The van der Waals surface area contributed by atoms with Crippen molar-refractivity contribution in [2.75, 3.05) is 0 Å². The van der Waals surface area contributed by atoms with Crippen molar-refractivity contribution < 1.29 is 4.42 Å². The Balaban J connectivity index is 2.22. The highest BCUT2D eigenvalue weighted by atomic mass is 16.3. The van der Waals surface area contributed by atoms with Gasteiger partial charge in [0, 0.05) is 0 Å². The van der Waals surface area contributed by atoms with Crippen LogP contribution in [0.2, 0.25) is 0 Å². The summed E-state index contributed by atoms with van der Waals surface area (Å²) in [4.78, 5) is 8.48. The van der Waals surface area contributed by atoms with E-state index in [9.17, 15) is 0 Å². The first kappa shape index (κ1) is 8.39. The monoisotopic (exact) mass is 227 g/mol. The van der Waals surface area contributed by atoms with Crippen LogP contribution < -0.4 is 0 Å². The summed E-state index contributed by atoms with van der Waals surface area (Å²) < 4.78 is 6.89. The highest BCUT2D eigenvalue weighted by molar-refractivity contribution is 5.85. The largest absolute Gasteiger partial charge is 0.461 e. The van der Waals surface area contributed by atoms with E-state index in [2.05, 4.69) is 30.5 Å². The van der Waals surface area contributed by atoms with Gasteiger partial charge >= 0.3 is 0 Å². The number of fused-ring (bicyclic) bond motifs is 3. The Morgan fingerprint density at radius 2 is 2.29 bits per heavy atom. The van der Waals surface area contributed by atoms with Gasteiger partial charge in [-0.1, -0.05) is 0 Å². The van der Waals surface area contributed by atoms with Crippen LogP contribution in [0.3, 0.4) is 0 Å². The number of aromatic amines is 1. The van der Waals surface area contributed by atoms with E-state index >= 15 is 0 Å². The summed E-state index contributed by atoms with van der Waals surface area (Å²) >= 11 is 0. The van der Waals surface area contributed by atoms with Crippen LogP contribution >= 0.6 is 0 Å². The molecule has 0 spiro atoms. The minimum absolute atomic E-state index is 0.483. The SMILES string of the molecule is c1coc(-c2nc3n[nH]nc3c3ncnn23)c1. The standard InChI is InChI=1S/C9H5N7O/c1-2-5(17-3-1)8-12-7-6(13-15-14-7)9-10-4-11-16(8)9/h1-4H,(H,13,14,15). The summed E-state index contributed by atoms with van der Waals surface area (Å²) in [5, 5.41) is 14.6. The van der Waals surface area contributed by atoms with E-state index < -0.39 is 0 Å². The van der Waals surface area contributed by atoms with Crippen LogP contribution in [0.25, 0.3) is 28.4 Å². The Bertz CT molecular complexity index is 797. The lowest BCUT2D eigenvalue weighted by molar-refractivity contribution is 0.574. The predicted molar refractivity (Wildman–Crippen MR) is 55.9 cm³/mol. The second-order valence-electron chi connectivity index (χ2n) is 3.40. The van der Waals surface area contributed by atoms with Gasteiger partial charge in [0.1, 0.15) is 6.33 Å². The topological polar surface area (TPSA) is 97.8 Å². The first-order valence-electron chi connectivity index (χ1n) is 4.87. The molecule has 4 aromatic rings. The van der Waals surface area contributed by atoms with E-state index in [1.165, 1.54) is 6.33 Å². The van der Waals surface area contributed by atoms with Gasteiger partial charge in [0.05, 0.1) is 6.26 Å². The molecule has 0 unspecified atom stereocenters. The summed E-state index contributed by atoms with van der Waals surface area (Å²) in [6, 6.07) is 3.59. The summed E-state index contributed by atoms with van der Waals surface area (Å²) in [6.45, 7) is 0. The maximum Gasteiger partial charge on any atom is 0.207 e. The van der Waals surface area contributed by atoms with Crippen LogP contribution in [0.4, 0.5) is 0 Å². The fraction of sp³-hybridized carbons (Fsp3) is 0. The van der Waals surface area contributed by atoms with Gasteiger partial charge in [-0.05, 0) is 12.1 Å². The lowest BCUT2D eigenvalue weighted by Gasteiger charge is -1.99. The molecule has 0 aliphatic rings. The fourth-order valence-electron chi connectivity index (χ4n) is 1.72. The molecule has 0 bridgehead atoms. The number of nitrogens with one attached hydrogen (secondary N) is 1. The van der Waals surface area contributed by atoms with Crippen LogP contribution in [0.5, 0.6) is 0 Å². The maximum absolute atomic E-state index is 5.31. The van der Waals surface area contributed by atoms with Crippen molar-refractivity contribution in [2.45, 2.75) is 0 Å². The molecule has 0 saturated heterocycles. The number of furan rings is 1. The van der Waals surface area contributed by atoms with Gasteiger partial charge in [0.15, 0.2) is 16.9 Å². The van der Waals surface area contributed by atoms with Crippen molar-refractivity contribution in [3.8, 4) is 11.6 Å². The molecule has 1 N–H and O–H groups in total. The first-order chi connectivity index (χ1) is 8.43. The second kappa shape index (κ2) is 2.88. The molecular formula is C9H5N7O. The Morgan fingerprint density at radius 3 is 3.18 bits per heavy atom. The smallest absolute Gasteiger partial charge is 0.207 e. The minimum atomic E-state index is 0.483. The zero-order valence-electron chi connectivity index (χ0n) is 8.40. The van der Waals surface area contributed by atoms with E-state index in [-0.39, 0.29) is 0 Å². The minimum Gasteiger partial charge on any atom is -0.461 e. The van der Waals surface area contributed by atoms with Gasteiger partial charge in [-0.3, -0.25) is 0 Å². The quantitative estimate of drug-likeness (QED) is 0.512. The average Bonchev–Trinajstić information content (AvgIpc) is 3.09. The number of hydrogen-bond acceptors (Lipinski definition) is 6. The Kier molecular flexibility index (Phi) is 1.42. The normalized spacial score (nSPS) is 11.5. The molecule has 4 aromatic heterocycles. The van der Waals surface area contributed by atoms with Gasteiger partial charge < -0.3 is 4.42 Å². The highest BCUT2D eigenvalue weighted by Crippen LogP contribution is 2.21. The van der Waals surface area contributed by atoms with Gasteiger partial charge in [0.2, 0.25) is 11.5 Å². The maximum atomic E-state index is 5.31. The van der Waals surface area contributed by atoms with Crippen LogP contribution in [0.1, 0.15) is 0 Å². The molecule has 8 heteroatoms. The molecular weight excluding hydrogens is 222 g/mol. The molecule has 0 amide bonds. The van der Waals surface area contributed by atoms with Crippen LogP contribution in [-0.2, 0) is 0 Å². The number of H-pyrrole nitrogens is 1. The highest BCUT2D eigenvalue weighted by Gasteiger charge is 2.15. The Labute approximate surface area is 93.3 Å². The van der Waals surface area contributed by atoms with Gasteiger partial charge in [-0.2, -0.15) is 19.9 Å². The lowest BCUT2D eigenvalue weighted by atomic mass is 10.4. The lowest BCUT2D eigenvalue weighted by Crippen LogP contribution is -1.98. The van der Waals surface area contributed by atoms with Crippen molar-refractivity contribution in [1.82, 2.24) is 35.0 Å². The summed E-state index contributed by atoms with van der Waals surface area (Å²) in [7, 11) is 0. The predicted octanol–water partition coefficient (Wildman–Crippen LogP) is 0.656. The molecule has 0 aliphatic heterocycles. The molecule has 0 saturated carbocycles. The van der Waals surface area contributed by atoms with Crippen molar-refractivity contribution in [2.24, 2.45) is 0 Å². The number of aromatic nitrogens is 7. The van der Waals surface area contributed by atoms with Crippen LogP contribution in [-0.4, -0.2) is 35.0 Å². The molecule has 82 valence electrons. The molecule has 8 nitrogen and oxygen atoms in total. The zero-order valence-corrected chi connectivity index (χ0v) is 8.40. The molecule has 0 aromatic carbocycles. The van der Waals surface area contributed by atoms with Crippen molar-refractivity contribution in [1.29, 1.82) is 0 Å². The van der Waals surface area contributed by atoms with E-state index in [0.29, 0.717) is 28.4 Å². The van der Waals surface area contributed by atoms with E-state index in [0.717, 1.165) is 0 Å². The molecule has 4 rings (SSSR count). The first-order valence-corrected chi connectivity index (χ1v) is 4.87. The zero-order chi connectivity index (χ0) is 11.2. The van der Waals surface area contributed by atoms with Gasteiger partial charge in [-0.15, -0.1) is 5.10 Å². The Morgan fingerprint density at radius 1 is 1.29 bits per heavy atom. The van der Waals surface area contributed by atoms with Crippen LogP contribution in [0, 0.1) is 0 Å². The van der Waals surface area contributed by atoms with Gasteiger partial charge in [0.25, 0.3) is 0 Å². The fourth-order valence-corrected chi connectivity index (χ4v) is 1.72. The number of hydrogen-bond donors (Lipinski definition) is 1. The third-order valence-corrected chi connectivity index (χ3v) is 2.44. The Hall–Kier alpha value is -2.77. The summed E-state index contributed by atoms with van der Waals surface area (Å²) in [5.41, 5.74) is 1.66. The molecule has 4 heterocycles. The second-order valence-corrected chi connectivity index (χ2v) is 3.40. The third kappa shape index (κ3) is 1.03. The summed E-state index contributed by atoms with van der Waals surface area (Å²) in [5.74, 6) is 1.15. The van der Waals surface area contributed by atoms with Crippen molar-refractivity contribution in [3.05, 3.63) is 24.7 Å². The van der Waals surface area contributed by atoms with E-state index in [1.807, 2.05) is 0 Å². The van der Waals surface area contributed by atoms with Crippen LogP contribution in [0.15, 0.2) is 29.1 Å². The van der Waals surface area contributed by atoms with Crippen molar-refractivity contribution >= 4 is 16.8 Å². The van der Waals surface area contributed by atoms with E-state index in [4.69, 9.17) is 4.42 Å². The van der Waals surface area contributed by atoms with E-state index in [1.54, 1.807) is 22.9 Å². The number of rotatable bonds is 1. The summed E-state index contributed by atoms with van der Waals surface area (Å²) in [6.07, 6.45) is 3.02. The number of nitrogens with zero attached hydrogens (tertiary/aromatic N) is 6. The molecule has 0 atom stereocenters. The molecule has 0 aliphatic carbocycles. The van der Waals surface area contributed by atoms with Gasteiger partial charge in [-0.25, -0.2) is 9.97 Å². The molecule has 17 heavy (non-hydrogen) atoms. The average molecular weight is 227 g/mol. The van der Waals surface area contributed by atoms with Crippen molar-refractivity contribution in [3.63, 3.8) is 0 Å². The third-order valence-electron chi connectivity index (χ3n) is 2.44.